The van der Waals surface area contributed by atoms with Crippen LogP contribution in [0, 0.1) is 0 Å². The van der Waals surface area contributed by atoms with E-state index >= 15 is 0 Å². The molecule has 0 bridgehead atoms. The fourth-order valence-corrected chi connectivity index (χ4v) is 3.51. The average molecular weight is 351 g/mol. The number of urea groups is 1. The number of nitrogens with zero attached hydrogens (tertiary/aromatic N) is 2. The number of likely N-dealkylation sites (N-methyl/N-ethyl adjacent to an activating group) is 1. The molecule has 4 rings (SSSR count). The molecule has 8 heteroatoms. The first-order valence-electron chi connectivity index (χ1n) is 8.03. The minimum Gasteiger partial charge on any atom is -0.330 e. The van der Waals surface area contributed by atoms with Crippen molar-refractivity contribution >= 4 is 11.9 Å². The van der Waals surface area contributed by atoms with Gasteiger partial charge in [0.05, 0.1) is 29.4 Å². The van der Waals surface area contributed by atoms with E-state index in [1.54, 1.807) is 4.90 Å². The summed E-state index contributed by atoms with van der Waals surface area (Å²) in [7, 11) is 1.53. The summed E-state index contributed by atoms with van der Waals surface area (Å²) in [6.07, 6.45) is -2.79. The SMILES string of the molecule is CN1C(=O)NC(c2ccccc2C(F)(F)F)C2=C1CN(C1CC1)C2=O. The summed E-state index contributed by atoms with van der Waals surface area (Å²) >= 11 is 0. The van der Waals surface area contributed by atoms with Crippen molar-refractivity contribution in [1.82, 2.24) is 15.1 Å². The maximum Gasteiger partial charge on any atom is 0.416 e. The zero-order chi connectivity index (χ0) is 17.9. The van der Waals surface area contributed by atoms with Crippen LogP contribution in [0.5, 0.6) is 0 Å². The zero-order valence-corrected chi connectivity index (χ0v) is 13.4. The first-order valence-corrected chi connectivity index (χ1v) is 8.03. The van der Waals surface area contributed by atoms with Crippen molar-refractivity contribution in [1.29, 1.82) is 0 Å². The van der Waals surface area contributed by atoms with E-state index in [0.717, 1.165) is 18.9 Å². The van der Waals surface area contributed by atoms with Crippen molar-refractivity contribution in [2.45, 2.75) is 31.1 Å². The maximum atomic E-state index is 13.4. The van der Waals surface area contributed by atoms with Gasteiger partial charge in [-0.1, -0.05) is 18.2 Å². The zero-order valence-electron chi connectivity index (χ0n) is 13.4. The Labute approximate surface area is 142 Å². The van der Waals surface area contributed by atoms with Crippen molar-refractivity contribution in [3.05, 3.63) is 46.7 Å². The number of nitrogens with one attached hydrogen (secondary N) is 1. The highest BCUT2D eigenvalue weighted by molar-refractivity contribution is 6.01. The maximum absolute atomic E-state index is 13.4. The third kappa shape index (κ3) is 2.47. The molecule has 2 aliphatic heterocycles. The van der Waals surface area contributed by atoms with Crippen LogP contribution in [-0.2, 0) is 11.0 Å². The van der Waals surface area contributed by atoms with Crippen LogP contribution in [0.1, 0.15) is 30.0 Å². The summed E-state index contributed by atoms with van der Waals surface area (Å²) in [6.45, 7) is 0.271. The average Bonchev–Trinajstić information content (AvgIpc) is 3.34. The number of carbonyl (C=O) groups is 2. The van der Waals surface area contributed by atoms with Gasteiger partial charge in [0.1, 0.15) is 0 Å². The minimum atomic E-state index is -4.57. The molecule has 1 unspecified atom stereocenters. The third-order valence-electron chi connectivity index (χ3n) is 4.95. The van der Waals surface area contributed by atoms with Crippen LogP contribution in [0.3, 0.4) is 0 Å². The van der Waals surface area contributed by atoms with E-state index in [4.69, 9.17) is 0 Å². The molecule has 1 atom stereocenters. The van der Waals surface area contributed by atoms with Crippen LogP contribution >= 0.6 is 0 Å². The number of amides is 3. The number of rotatable bonds is 2. The van der Waals surface area contributed by atoms with Crippen LogP contribution in [0.15, 0.2) is 35.5 Å². The molecule has 0 radical (unpaired) electrons. The van der Waals surface area contributed by atoms with E-state index in [1.165, 1.54) is 30.1 Å². The molecule has 132 valence electrons. The van der Waals surface area contributed by atoms with E-state index in [9.17, 15) is 22.8 Å². The number of hydrogen-bond acceptors (Lipinski definition) is 2. The van der Waals surface area contributed by atoms with Gasteiger partial charge in [-0.15, -0.1) is 0 Å². The molecule has 1 fully saturated rings. The summed E-state index contributed by atoms with van der Waals surface area (Å²) in [5.41, 5.74) is -0.211. The van der Waals surface area contributed by atoms with Crippen LogP contribution in [0.2, 0.25) is 0 Å². The van der Waals surface area contributed by atoms with Crippen LogP contribution in [0.25, 0.3) is 0 Å². The van der Waals surface area contributed by atoms with Crippen molar-refractivity contribution in [3.8, 4) is 0 Å². The molecule has 0 aromatic heterocycles. The topological polar surface area (TPSA) is 52.7 Å². The highest BCUT2D eigenvalue weighted by Crippen LogP contribution is 2.43. The van der Waals surface area contributed by atoms with Gasteiger partial charge in [-0.2, -0.15) is 13.2 Å². The second-order valence-corrected chi connectivity index (χ2v) is 6.55. The largest absolute Gasteiger partial charge is 0.416 e. The van der Waals surface area contributed by atoms with Crippen LogP contribution in [0.4, 0.5) is 18.0 Å². The van der Waals surface area contributed by atoms with E-state index in [1.807, 2.05) is 0 Å². The van der Waals surface area contributed by atoms with E-state index in [0.29, 0.717) is 5.70 Å². The molecule has 3 amide bonds. The van der Waals surface area contributed by atoms with Gasteiger partial charge in [0, 0.05) is 13.1 Å². The van der Waals surface area contributed by atoms with Crippen LogP contribution in [-0.4, -0.2) is 41.4 Å². The van der Waals surface area contributed by atoms with Gasteiger partial charge >= 0.3 is 12.2 Å². The minimum absolute atomic E-state index is 0.102. The number of alkyl halides is 3. The highest BCUT2D eigenvalue weighted by Gasteiger charge is 2.48. The second kappa shape index (κ2) is 5.24. The predicted molar refractivity (Wildman–Crippen MR) is 82.2 cm³/mol. The summed E-state index contributed by atoms with van der Waals surface area (Å²) in [5.74, 6) is -0.286. The number of halogens is 3. The highest BCUT2D eigenvalue weighted by atomic mass is 19.4. The Kier molecular flexibility index (Phi) is 3.35. The van der Waals surface area contributed by atoms with Gasteiger partial charge in [-0.05, 0) is 24.5 Å². The summed E-state index contributed by atoms with van der Waals surface area (Å²) < 4.78 is 40.2. The molecular weight excluding hydrogens is 335 g/mol. The van der Waals surface area contributed by atoms with Crippen LogP contribution < -0.4 is 5.32 Å². The van der Waals surface area contributed by atoms with E-state index < -0.39 is 23.8 Å². The summed E-state index contributed by atoms with van der Waals surface area (Å²) in [4.78, 5) is 28.1. The molecule has 25 heavy (non-hydrogen) atoms. The van der Waals surface area contributed by atoms with Crippen molar-refractivity contribution < 1.29 is 22.8 Å². The Morgan fingerprint density at radius 2 is 1.84 bits per heavy atom. The summed E-state index contributed by atoms with van der Waals surface area (Å²) in [6, 6.07) is 3.59. The molecule has 2 heterocycles. The lowest BCUT2D eigenvalue weighted by Crippen LogP contribution is -2.45. The monoisotopic (exact) mass is 351 g/mol. The molecule has 1 saturated carbocycles. The Morgan fingerprint density at radius 1 is 1.16 bits per heavy atom. The quantitative estimate of drug-likeness (QED) is 0.891. The summed E-state index contributed by atoms with van der Waals surface area (Å²) in [5, 5.41) is 2.56. The second-order valence-electron chi connectivity index (χ2n) is 6.55. The van der Waals surface area contributed by atoms with Crippen molar-refractivity contribution in [2.75, 3.05) is 13.6 Å². The number of carbonyl (C=O) groups excluding carboxylic acids is 2. The van der Waals surface area contributed by atoms with Gasteiger partial charge in [0.15, 0.2) is 0 Å². The van der Waals surface area contributed by atoms with E-state index in [2.05, 4.69) is 5.32 Å². The molecule has 5 nitrogen and oxygen atoms in total. The van der Waals surface area contributed by atoms with E-state index in [-0.39, 0.29) is 29.6 Å². The molecule has 0 saturated heterocycles. The molecule has 1 N–H and O–H groups in total. The van der Waals surface area contributed by atoms with Gasteiger partial charge in [-0.3, -0.25) is 9.69 Å². The fraction of sp³-hybridized carbons (Fsp3) is 0.412. The normalized spacial score (nSPS) is 23.9. The molecular formula is C17H16F3N3O2. The molecule has 0 spiro atoms. The Balaban J connectivity index is 1.82. The van der Waals surface area contributed by atoms with Gasteiger partial charge in [0.2, 0.25) is 0 Å². The number of benzene rings is 1. The smallest absolute Gasteiger partial charge is 0.330 e. The lowest BCUT2D eigenvalue weighted by Gasteiger charge is -2.32. The third-order valence-corrected chi connectivity index (χ3v) is 4.95. The van der Waals surface area contributed by atoms with Gasteiger partial charge in [0.25, 0.3) is 5.91 Å². The molecule has 1 aromatic rings. The molecule has 1 aromatic carbocycles. The number of hydrogen-bond donors (Lipinski definition) is 1. The first-order chi connectivity index (χ1) is 11.8. The molecule has 1 aliphatic carbocycles. The fourth-order valence-electron chi connectivity index (χ4n) is 3.51. The van der Waals surface area contributed by atoms with Gasteiger partial charge < -0.3 is 10.2 Å². The first kappa shape index (κ1) is 16.0. The van der Waals surface area contributed by atoms with Crippen molar-refractivity contribution in [3.63, 3.8) is 0 Å². The Hall–Kier alpha value is -2.51. The van der Waals surface area contributed by atoms with Crippen molar-refractivity contribution in [2.24, 2.45) is 0 Å². The lowest BCUT2D eigenvalue weighted by molar-refractivity contribution is -0.138. The standard InChI is InChI=1S/C17H16F3N3O2/c1-22-12-8-23(9-6-7-9)15(24)13(12)14(21-16(22)25)10-4-2-3-5-11(10)17(18,19)20/h2-5,9,14H,6-8H2,1H3,(H,21,25). The van der Waals surface area contributed by atoms with Gasteiger partial charge in [-0.25, -0.2) is 4.79 Å². The Morgan fingerprint density at radius 3 is 2.48 bits per heavy atom. The lowest BCUT2D eigenvalue weighted by atomic mass is 9.92. The predicted octanol–water partition coefficient (Wildman–Crippen LogP) is 2.66. The molecule has 3 aliphatic rings. The Bertz CT molecular complexity index is 799.